The van der Waals surface area contributed by atoms with E-state index in [0.717, 1.165) is 19.3 Å². The number of benzene rings is 1. The average molecular weight is 297 g/mol. The second-order valence-corrected chi connectivity index (χ2v) is 5.40. The Morgan fingerprint density at radius 1 is 1.10 bits per heavy atom. The van der Waals surface area contributed by atoms with Crippen LogP contribution in [0.5, 0.6) is 11.5 Å². The van der Waals surface area contributed by atoms with Gasteiger partial charge in [0.1, 0.15) is 5.75 Å². The number of nitrogens with two attached hydrogens (primary N) is 1. The van der Waals surface area contributed by atoms with Crippen LogP contribution in [0.15, 0.2) is 12.1 Å². The van der Waals surface area contributed by atoms with Crippen molar-refractivity contribution in [2.45, 2.75) is 52.9 Å². The van der Waals surface area contributed by atoms with E-state index in [1.165, 1.54) is 18.9 Å². The van der Waals surface area contributed by atoms with Crippen LogP contribution in [0.4, 0.5) is 10.1 Å². The molecule has 0 bridgehead atoms. The van der Waals surface area contributed by atoms with Gasteiger partial charge in [-0.2, -0.15) is 0 Å². The first-order valence-corrected chi connectivity index (χ1v) is 7.96. The lowest BCUT2D eigenvalue weighted by Crippen LogP contribution is -2.12. The number of nitrogen functional groups attached to an aromatic ring is 1. The van der Waals surface area contributed by atoms with Gasteiger partial charge in [0.15, 0.2) is 11.6 Å². The van der Waals surface area contributed by atoms with E-state index in [4.69, 9.17) is 15.2 Å². The molecule has 1 unspecified atom stereocenters. The molecule has 3 nitrogen and oxygen atoms in total. The van der Waals surface area contributed by atoms with Crippen LogP contribution in [0.1, 0.15) is 52.9 Å². The molecule has 21 heavy (non-hydrogen) atoms. The number of anilines is 1. The molecule has 2 N–H and O–H groups in total. The monoisotopic (exact) mass is 297 g/mol. The maximum Gasteiger partial charge on any atom is 0.167 e. The molecule has 0 saturated heterocycles. The smallest absolute Gasteiger partial charge is 0.167 e. The molecule has 0 aromatic heterocycles. The van der Waals surface area contributed by atoms with Gasteiger partial charge in [0.25, 0.3) is 0 Å². The predicted octanol–water partition coefficient (Wildman–Crippen LogP) is 4.79. The summed E-state index contributed by atoms with van der Waals surface area (Å²) >= 11 is 0. The van der Waals surface area contributed by atoms with Crippen LogP contribution in [0.25, 0.3) is 0 Å². The van der Waals surface area contributed by atoms with Crippen LogP contribution < -0.4 is 15.2 Å². The largest absolute Gasteiger partial charge is 0.491 e. The first-order valence-electron chi connectivity index (χ1n) is 7.96. The number of hydrogen-bond acceptors (Lipinski definition) is 3. The van der Waals surface area contributed by atoms with E-state index in [-0.39, 0.29) is 5.75 Å². The van der Waals surface area contributed by atoms with Crippen molar-refractivity contribution in [2.24, 2.45) is 5.92 Å². The third kappa shape index (κ3) is 5.82. The molecule has 0 aliphatic heterocycles. The van der Waals surface area contributed by atoms with Crippen LogP contribution in [0.2, 0.25) is 0 Å². The molecule has 0 aliphatic rings. The third-order valence-corrected chi connectivity index (χ3v) is 3.54. The number of hydrogen-bond donors (Lipinski definition) is 1. The zero-order valence-electron chi connectivity index (χ0n) is 13.5. The van der Waals surface area contributed by atoms with Gasteiger partial charge in [-0.1, -0.05) is 40.0 Å². The topological polar surface area (TPSA) is 44.5 Å². The molecule has 0 radical (unpaired) electrons. The van der Waals surface area contributed by atoms with Crippen LogP contribution in [0.3, 0.4) is 0 Å². The fraction of sp³-hybridized carbons (Fsp3) is 0.647. The summed E-state index contributed by atoms with van der Waals surface area (Å²) in [6.07, 6.45) is 5.43. The fourth-order valence-electron chi connectivity index (χ4n) is 2.10. The van der Waals surface area contributed by atoms with Crippen molar-refractivity contribution in [1.29, 1.82) is 0 Å². The zero-order valence-corrected chi connectivity index (χ0v) is 13.5. The Morgan fingerprint density at radius 2 is 1.86 bits per heavy atom. The summed E-state index contributed by atoms with van der Waals surface area (Å²) < 4.78 is 24.9. The normalized spacial score (nSPS) is 12.2. The first-order chi connectivity index (χ1) is 10.1. The maximum atomic E-state index is 13.7. The minimum absolute atomic E-state index is 0.211. The highest BCUT2D eigenvalue weighted by molar-refractivity contribution is 5.56. The van der Waals surface area contributed by atoms with Crippen molar-refractivity contribution in [3.63, 3.8) is 0 Å². The molecule has 1 aromatic carbocycles. The van der Waals surface area contributed by atoms with Crippen molar-refractivity contribution in [1.82, 2.24) is 0 Å². The molecular weight excluding hydrogens is 269 g/mol. The minimum Gasteiger partial charge on any atom is -0.491 e. The van der Waals surface area contributed by atoms with Crippen LogP contribution in [0, 0.1) is 11.7 Å². The first kappa shape index (κ1) is 17.6. The summed E-state index contributed by atoms with van der Waals surface area (Å²) in [4.78, 5) is 0. The van der Waals surface area contributed by atoms with Crippen LogP contribution >= 0.6 is 0 Å². The molecule has 1 rings (SSSR count). The van der Waals surface area contributed by atoms with E-state index in [2.05, 4.69) is 13.8 Å². The Hall–Kier alpha value is -1.45. The quantitative estimate of drug-likeness (QED) is 0.631. The molecule has 0 aliphatic carbocycles. The zero-order chi connectivity index (χ0) is 15.7. The lowest BCUT2D eigenvalue weighted by Gasteiger charge is -2.17. The van der Waals surface area contributed by atoms with E-state index in [9.17, 15) is 4.39 Å². The van der Waals surface area contributed by atoms with Gasteiger partial charge in [0.05, 0.1) is 18.9 Å². The SMILES string of the molecule is CCCCC(CC)COc1cc(OCCC)c(F)cc1N. The maximum absolute atomic E-state index is 13.7. The second kappa shape index (κ2) is 9.48. The number of ether oxygens (including phenoxy) is 2. The van der Waals surface area contributed by atoms with Gasteiger partial charge >= 0.3 is 0 Å². The molecule has 120 valence electrons. The lowest BCUT2D eigenvalue weighted by molar-refractivity contribution is 0.232. The fourth-order valence-corrected chi connectivity index (χ4v) is 2.10. The Balaban J connectivity index is 2.68. The average Bonchev–Trinajstić information content (AvgIpc) is 2.48. The summed E-state index contributed by atoms with van der Waals surface area (Å²) in [6.45, 7) is 7.41. The Bertz CT molecular complexity index is 423. The van der Waals surface area contributed by atoms with Gasteiger partial charge in [0, 0.05) is 12.1 Å². The van der Waals surface area contributed by atoms with Crippen molar-refractivity contribution in [2.75, 3.05) is 18.9 Å². The highest BCUT2D eigenvalue weighted by Crippen LogP contribution is 2.31. The summed E-state index contributed by atoms with van der Waals surface area (Å²) in [5.41, 5.74) is 6.15. The second-order valence-electron chi connectivity index (χ2n) is 5.40. The van der Waals surface area contributed by atoms with Gasteiger partial charge in [-0.05, 0) is 18.8 Å². The predicted molar refractivity (Wildman–Crippen MR) is 85.4 cm³/mol. The van der Waals surface area contributed by atoms with Gasteiger partial charge in [-0.15, -0.1) is 0 Å². The summed E-state index contributed by atoms with van der Waals surface area (Å²) in [5.74, 6) is 0.792. The lowest BCUT2D eigenvalue weighted by atomic mass is 10.0. The molecule has 1 aromatic rings. The summed E-state index contributed by atoms with van der Waals surface area (Å²) in [6, 6.07) is 2.83. The van der Waals surface area contributed by atoms with E-state index < -0.39 is 5.82 Å². The van der Waals surface area contributed by atoms with E-state index in [0.29, 0.717) is 30.6 Å². The number of unbranched alkanes of at least 4 members (excludes halogenated alkanes) is 1. The van der Waals surface area contributed by atoms with E-state index >= 15 is 0 Å². The minimum atomic E-state index is -0.439. The van der Waals surface area contributed by atoms with Gasteiger partial charge in [-0.3, -0.25) is 0 Å². The van der Waals surface area contributed by atoms with Crippen LogP contribution in [-0.2, 0) is 0 Å². The number of rotatable bonds is 10. The molecule has 0 spiro atoms. The summed E-state index contributed by atoms with van der Waals surface area (Å²) in [7, 11) is 0. The third-order valence-electron chi connectivity index (χ3n) is 3.54. The molecule has 0 heterocycles. The number of halogens is 1. The summed E-state index contributed by atoms with van der Waals surface area (Å²) in [5, 5.41) is 0. The van der Waals surface area contributed by atoms with Crippen molar-refractivity contribution < 1.29 is 13.9 Å². The van der Waals surface area contributed by atoms with Crippen molar-refractivity contribution in [3.05, 3.63) is 17.9 Å². The molecule has 1 atom stereocenters. The Morgan fingerprint density at radius 3 is 2.48 bits per heavy atom. The van der Waals surface area contributed by atoms with Gasteiger partial charge in [0.2, 0.25) is 0 Å². The molecule has 0 saturated carbocycles. The van der Waals surface area contributed by atoms with E-state index in [1.807, 2.05) is 6.92 Å². The Labute approximate surface area is 127 Å². The van der Waals surface area contributed by atoms with Gasteiger partial charge < -0.3 is 15.2 Å². The molecule has 4 heteroatoms. The van der Waals surface area contributed by atoms with Crippen molar-refractivity contribution in [3.8, 4) is 11.5 Å². The van der Waals surface area contributed by atoms with Crippen molar-refractivity contribution >= 4 is 5.69 Å². The molecule has 0 fully saturated rings. The highest BCUT2D eigenvalue weighted by Gasteiger charge is 2.12. The van der Waals surface area contributed by atoms with Crippen LogP contribution in [-0.4, -0.2) is 13.2 Å². The Kier molecular flexibility index (Phi) is 7.95. The highest BCUT2D eigenvalue weighted by atomic mass is 19.1. The van der Waals surface area contributed by atoms with E-state index in [1.54, 1.807) is 6.07 Å². The standard InChI is InChI=1S/C17H28FNO2/c1-4-7-8-13(6-3)12-21-17-11-16(20-9-5-2)14(18)10-15(17)19/h10-11,13H,4-9,12,19H2,1-3H3. The van der Waals surface area contributed by atoms with Gasteiger partial charge in [-0.25, -0.2) is 4.39 Å². The molecular formula is C17H28FNO2. The molecule has 0 amide bonds.